The summed E-state index contributed by atoms with van der Waals surface area (Å²) < 4.78 is 1.53. The van der Waals surface area contributed by atoms with Crippen molar-refractivity contribution in [2.75, 3.05) is 0 Å². The van der Waals surface area contributed by atoms with Gasteiger partial charge in [0.25, 0.3) is 0 Å². The number of hydrogen-bond acceptors (Lipinski definition) is 5. The van der Waals surface area contributed by atoms with Gasteiger partial charge in [0.2, 0.25) is 5.91 Å². The summed E-state index contributed by atoms with van der Waals surface area (Å²) in [5.74, 6) is 0.0181. The van der Waals surface area contributed by atoms with E-state index in [2.05, 4.69) is 20.6 Å². The van der Waals surface area contributed by atoms with E-state index in [-0.39, 0.29) is 24.7 Å². The Morgan fingerprint density at radius 1 is 1.80 bits per heavy atom. The number of carbonyl (C=O) groups excluding carboxylic acids is 1. The zero-order chi connectivity index (χ0) is 11.3. The molecule has 1 rings (SSSR count). The number of amides is 1. The molecule has 0 bridgehead atoms. The van der Waals surface area contributed by atoms with Gasteiger partial charge < -0.3 is 16.3 Å². The van der Waals surface area contributed by atoms with Gasteiger partial charge in [0.1, 0.15) is 12.2 Å². The fourth-order valence-electron chi connectivity index (χ4n) is 0.905. The zero-order valence-corrected chi connectivity index (χ0v) is 8.21. The first-order chi connectivity index (χ1) is 7.11. The lowest BCUT2D eigenvalue weighted by Gasteiger charge is -2.00. The van der Waals surface area contributed by atoms with Crippen LogP contribution in [0.25, 0.3) is 0 Å². The summed E-state index contributed by atoms with van der Waals surface area (Å²) in [7, 11) is 1.73. The molecule has 1 aromatic heterocycles. The van der Waals surface area contributed by atoms with Crippen molar-refractivity contribution in [3.63, 3.8) is 0 Å². The minimum absolute atomic E-state index is 0.138. The van der Waals surface area contributed by atoms with Crippen LogP contribution in [-0.4, -0.2) is 31.7 Å². The summed E-state index contributed by atoms with van der Waals surface area (Å²) in [5, 5.41) is 17.4. The van der Waals surface area contributed by atoms with Crippen molar-refractivity contribution < 1.29 is 10.0 Å². The lowest BCUT2D eigenvalue weighted by atomic mass is 10.4. The van der Waals surface area contributed by atoms with E-state index >= 15 is 0 Å². The van der Waals surface area contributed by atoms with E-state index in [1.807, 2.05) is 0 Å². The van der Waals surface area contributed by atoms with Crippen LogP contribution in [0.1, 0.15) is 12.2 Å². The highest BCUT2D eigenvalue weighted by Gasteiger charge is 2.05. The molecule has 4 N–H and O–H groups in total. The predicted octanol–water partition coefficient (Wildman–Crippen LogP) is -1.43. The fraction of sp³-hybridized carbons (Fsp3) is 0.429. The van der Waals surface area contributed by atoms with Gasteiger partial charge in [0.15, 0.2) is 5.82 Å². The molecule has 1 aromatic rings. The molecule has 0 spiro atoms. The Balaban J connectivity index is 2.34. The first-order valence-corrected chi connectivity index (χ1v) is 4.19. The summed E-state index contributed by atoms with van der Waals surface area (Å²) in [5.41, 5.74) is 5.15. The molecule has 0 aliphatic carbocycles. The van der Waals surface area contributed by atoms with E-state index in [1.165, 1.54) is 11.0 Å². The van der Waals surface area contributed by atoms with Crippen LogP contribution in [0.4, 0.5) is 0 Å². The highest BCUT2D eigenvalue weighted by Crippen LogP contribution is 1.88. The van der Waals surface area contributed by atoms with Crippen LogP contribution >= 0.6 is 0 Å². The number of aromatic nitrogens is 3. The molecule has 15 heavy (non-hydrogen) atoms. The van der Waals surface area contributed by atoms with Crippen LogP contribution < -0.4 is 11.1 Å². The molecule has 1 heterocycles. The third kappa shape index (κ3) is 3.63. The number of nitrogens with zero attached hydrogens (tertiary/aromatic N) is 4. The lowest BCUT2D eigenvalue weighted by molar-refractivity contribution is -0.120. The van der Waals surface area contributed by atoms with Gasteiger partial charge in [-0.15, -0.1) is 0 Å². The van der Waals surface area contributed by atoms with Crippen molar-refractivity contribution in [3.8, 4) is 0 Å². The number of aryl methyl sites for hydroxylation is 1. The Morgan fingerprint density at radius 3 is 3.07 bits per heavy atom. The predicted molar refractivity (Wildman–Crippen MR) is 50.9 cm³/mol. The normalized spacial score (nSPS) is 11.4. The van der Waals surface area contributed by atoms with E-state index < -0.39 is 0 Å². The first kappa shape index (κ1) is 11.0. The van der Waals surface area contributed by atoms with Crippen molar-refractivity contribution in [3.05, 3.63) is 12.2 Å². The van der Waals surface area contributed by atoms with Gasteiger partial charge in [0.05, 0.1) is 13.0 Å². The third-order valence-corrected chi connectivity index (χ3v) is 1.56. The van der Waals surface area contributed by atoms with Crippen LogP contribution in [0.2, 0.25) is 0 Å². The molecule has 82 valence electrons. The molecule has 0 aromatic carbocycles. The van der Waals surface area contributed by atoms with Gasteiger partial charge in [-0.2, -0.15) is 5.10 Å². The monoisotopic (exact) mass is 212 g/mol. The topological polar surface area (TPSA) is 118 Å². The highest BCUT2D eigenvalue weighted by atomic mass is 16.4. The van der Waals surface area contributed by atoms with Crippen LogP contribution in [0.5, 0.6) is 0 Å². The van der Waals surface area contributed by atoms with Crippen LogP contribution in [0.15, 0.2) is 11.5 Å². The zero-order valence-electron chi connectivity index (χ0n) is 8.21. The van der Waals surface area contributed by atoms with E-state index in [4.69, 9.17) is 10.9 Å². The minimum Gasteiger partial charge on any atom is -0.409 e. The molecular weight excluding hydrogens is 200 g/mol. The molecule has 0 aliphatic heterocycles. The van der Waals surface area contributed by atoms with Gasteiger partial charge in [-0.25, -0.2) is 4.98 Å². The van der Waals surface area contributed by atoms with Crippen molar-refractivity contribution in [2.24, 2.45) is 17.9 Å². The maximum atomic E-state index is 11.1. The number of nitrogens with one attached hydrogen (secondary N) is 1. The van der Waals surface area contributed by atoms with Gasteiger partial charge in [0, 0.05) is 7.05 Å². The van der Waals surface area contributed by atoms with Crippen molar-refractivity contribution in [1.82, 2.24) is 20.1 Å². The van der Waals surface area contributed by atoms with Gasteiger partial charge in [-0.3, -0.25) is 9.48 Å². The van der Waals surface area contributed by atoms with E-state index in [9.17, 15) is 4.79 Å². The van der Waals surface area contributed by atoms with Crippen molar-refractivity contribution in [2.45, 2.75) is 13.0 Å². The second-order valence-electron chi connectivity index (χ2n) is 2.88. The first-order valence-electron chi connectivity index (χ1n) is 4.19. The molecule has 8 nitrogen and oxygen atoms in total. The maximum Gasteiger partial charge on any atom is 0.228 e. The number of hydrogen-bond donors (Lipinski definition) is 3. The largest absolute Gasteiger partial charge is 0.409 e. The number of oxime groups is 1. The number of nitrogens with two attached hydrogens (primary N) is 1. The molecule has 0 atom stereocenters. The Hall–Kier alpha value is -2.12. The third-order valence-electron chi connectivity index (χ3n) is 1.56. The lowest BCUT2D eigenvalue weighted by Crippen LogP contribution is -2.28. The SMILES string of the molecule is Cn1cnc(CNC(=O)CC(N)=NO)n1. The summed E-state index contributed by atoms with van der Waals surface area (Å²) >= 11 is 0. The minimum atomic E-state index is -0.349. The van der Waals surface area contributed by atoms with Crippen LogP contribution in [0.3, 0.4) is 0 Å². The molecule has 0 fully saturated rings. The van der Waals surface area contributed by atoms with Crippen molar-refractivity contribution >= 4 is 11.7 Å². The number of rotatable bonds is 4. The van der Waals surface area contributed by atoms with E-state index in [0.29, 0.717) is 5.82 Å². The van der Waals surface area contributed by atoms with E-state index in [0.717, 1.165) is 0 Å². The standard InChI is InChI=1S/C7H12N6O2/c1-13-4-10-6(11-13)3-9-7(14)2-5(8)12-15/h4,15H,2-3H2,1H3,(H2,8,12)(H,9,14). The van der Waals surface area contributed by atoms with Gasteiger partial charge in [-0.1, -0.05) is 5.16 Å². The summed E-state index contributed by atoms with van der Waals surface area (Å²) in [6.07, 6.45) is 1.38. The summed E-state index contributed by atoms with van der Waals surface area (Å²) in [4.78, 5) is 15.1. The Morgan fingerprint density at radius 2 is 2.53 bits per heavy atom. The number of carbonyl (C=O) groups is 1. The molecule has 8 heteroatoms. The molecule has 0 aliphatic rings. The quantitative estimate of drug-likeness (QED) is 0.244. The smallest absolute Gasteiger partial charge is 0.228 e. The maximum absolute atomic E-state index is 11.1. The average molecular weight is 212 g/mol. The average Bonchev–Trinajstić information content (AvgIpc) is 2.61. The molecular formula is C7H12N6O2. The Bertz CT molecular complexity index is 371. The van der Waals surface area contributed by atoms with Gasteiger partial charge in [-0.05, 0) is 0 Å². The second kappa shape index (κ2) is 4.94. The molecule has 0 radical (unpaired) electrons. The fourth-order valence-corrected chi connectivity index (χ4v) is 0.905. The Kier molecular flexibility index (Phi) is 3.61. The van der Waals surface area contributed by atoms with Gasteiger partial charge >= 0.3 is 0 Å². The molecule has 0 saturated carbocycles. The van der Waals surface area contributed by atoms with Crippen molar-refractivity contribution in [1.29, 1.82) is 0 Å². The number of amidine groups is 1. The van der Waals surface area contributed by atoms with Crippen LogP contribution in [0, 0.1) is 0 Å². The highest BCUT2D eigenvalue weighted by molar-refractivity contribution is 5.98. The summed E-state index contributed by atoms with van der Waals surface area (Å²) in [6, 6.07) is 0. The van der Waals surface area contributed by atoms with Crippen LogP contribution in [-0.2, 0) is 18.4 Å². The summed E-state index contributed by atoms with van der Waals surface area (Å²) in [6.45, 7) is 0.221. The molecule has 0 saturated heterocycles. The Labute approximate surface area is 85.8 Å². The molecule has 1 amide bonds. The van der Waals surface area contributed by atoms with E-state index in [1.54, 1.807) is 7.05 Å². The molecule has 0 unspecified atom stereocenters. The second-order valence-corrected chi connectivity index (χ2v) is 2.88.